The Labute approximate surface area is 124 Å². The first-order valence-corrected chi connectivity index (χ1v) is 7.70. The van der Waals surface area contributed by atoms with Crippen LogP contribution in [0, 0.1) is 25.7 Å². The van der Waals surface area contributed by atoms with Crippen LogP contribution in [-0.2, 0) is 6.54 Å². The Balaban J connectivity index is 2.73. The van der Waals surface area contributed by atoms with E-state index in [4.69, 9.17) is 4.74 Å². The third-order valence-corrected chi connectivity index (χ3v) is 3.23. The molecule has 0 amide bonds. The molecule has 1 heterocycles. The maximum Gasteiger partial charge on any atom is 0.218 e. The van der Waals surface area contributed by atoms with Gasteiger partial charge in [-0.3, -0.25) is 0 Å². The van der Waals surface area contributed by atoms with Gasteiger partial charge < -0.3 is 10.1 Å². The molecule has 1 N–H and O–H groups in total. The summed E-state index contributed by atoms with van der Waals surface area (Å²) >= 11 is 0. The fourth-order valence-electron chi connectivity index (χ4n) is 2.04. The minimum Gasteiger partial charge on any atom is -0.477 e. The smallest absolute Gasteiger partial charge is 0.218 e. The average molecular weight is 278 g/mol. The van der Waals surface area contributed by atoms with Crippen LogP contribution in [0.25, 0.3) is 0 Å². The number of hydrogen-bond donors (Lipinski definition) is 1. The number of hydrogen-bond acceptors (Lipinski definition) is 3. The molecule has 0 aliphatic rings. The second kappa shape index (κ2) is 8.25. The topological polar surface area (TPSA) is 34.1 Å². The summed E-state index contributed by atoms with van der Waals surface area (Å²) in [6, 6.07) is 2.13. The third kappa shape index (κ3) is 5.91. The van der Waals surface area contributed by atoms with Gasteiger partial charge in [-0.25, -0.2) is 4.98 Å². The molecule has 0 aliphatic carbocycles. The van der Waals surface area contributed by atoms with Gasteiger partial charge in [-0.2, -0.15) is 0 Å². The Morgan fingerprint density at radius 2 is 1.85 bits per heavy atom. The molecular weight excluding hydrogens is 248 g/mol. The number of rotatable bonds is 8. The Morgan fingerprint density at radius 3 is 2.45 bits per heavy atom. The second-order valence-electron chi connectivity index (χ2n) is 6.42. The molecule has 0 aliphatic heterocycles. The molecule has 0 unspecified atom stereocenters. The highest BCUT2D eigenvalue weighted by Gasteiger charge is 2.10. The third-order valence-electron chi connectivity index (χ3n) is 3.23. The molecule has 0 atom stereocenters. The van der Waals surface area contributed by atoms with Gasteiger partial charge in [0.2, 0.25) is 5.88 Å². The number of aryl methyl sites for hydroxylation is 2. The van der Waals surface area contributed by atoms with E-state index in [9.17, 15) is 0 Å². The maximum atomic E-state index is 5.92. The van der Waals surface area contributed by atoms with Gasteiger partial charge in [-0.15, -0.1) is 0 Å². The fraction of sp³-hybridized carbons (Fsp3) is 0.706. The molecule has 0 radical (unpaired) electrons. The van der Waals surface area contributed by atoms with Gasteiger partial charge in [0, 0.05) is 17.8 Å². The van der Waals surface area contributed by atoms with Crippen LogP contribution in [0.4, 0.5) is 0 Å². The van der Waals surface area contributed by atoms with Crippen molar-refractivity contribution in [3.05, 3.63) is 22.9 Å². The van der Waals surface area contributed by atoms with Gasteiger partial charge in [0.25, 0.3) is 0 Å². The van der Waals surface area contributed by atoms with E-state index in [1.165, 1.54) is 11.1 Å². The monoisotopic (exact) mass is 278 g/mol. The quantitative estimate of drug-likeness (QED) is 0.784. The second-order valence-corrected chi connectivity index (χ2v) is 6.42. The molecule has 1 aromatic rings. The van der Waals surface area contributed by atoms with Crippen molar-refractivity contribution in [3.63, 3.8) is 0 Å². The first-order valence-electron chi connectivity index (χ1n) is 7.70. The molecule has 0 bridgehead atoms. The molecule has 0 fully saturated rings. The summed E-state index contributed by atoms with van der Waals surface area (Å²) in [6.07, 6.45) is 1.06. The van der Waals surface area contributed by atoms with Gasteiger partial charge >= 0.3 is 0 Å². The zero-order valence-corrected chi connectivity index (χ0v) is 13.9. The zero-order valence-electron chi connectivity index (χ0n) is 13.9. The van der Waals surface area contributed by atoms with Gasteiger partial charge in [0.1, 0.15) is 0 Å². The molecule has 3 heteroatoms. The molecule has 0 aromatic carbocycles. The Kier molecular flexibility index (Phi) is 7.00. The predicted molar refractivity (Wildman–Crippen MR) is 85.2 cm³/mol. The highest BCUT2D eigenvalue weighted by Crippen LogP contribution is 2.21. The molecule has 1 aromatic heterocycles. The molecule has 0 saturated carbocycles. The molecule has 20 heavy (non-hydrogen) atoms. The Bertz CT molecular complexity index is 414. The van der Waals surface area contributed by atoms with Crippen molar-refractivity contribution >= 4 is 0 Å². The Morgan fingerprint density at radius 1 is 1.15 bits per heavy atom. The van der Waals surface area contributed by atoms with Crippen molar-refractivity contribution in [2.24, 2.45) is 11.8 Å². The fourth-order valence-corrected chi connectivity index (χ4v) is 2.04. The van der Waals surface area contributed by atoms with Crippen molar-refractivity contribution in [1.82, 2.24) is 10.3 Å². The van der Waals surface area contributed by atoms with Crippen molar-refractivity contribution in [3.8, 4) is 5.88 Å². The van der Waals surface area contributed by atoms with E-state index < -0.39 is 0 Å². The van der Waals surface area contributed by atoms with Gasteiger partial charge in [0.15, 0.2) is 0 Å². The van der Waals surface area contributed by atoms with Crippen LogP contribution in [0.1, 0.15) is 50.9 Å². The summed E-state index contributed by atoms with van der Waals surface area (Å²) in [6.45, 7) is 15.6. The van der Waals surface area contributed by atoms with Crippen LogP contribution >= 0.6 is 0 Å². The largest absolute Gasteiger partial charge is 0.477 e. The van der Waals surface area contributed by atoms with E-state index in [2.05, 4.69) is 51.0 Å². The van der Waals surface area contributed by atoms with Crippen LogP contribution in [0.2, 0.25) is 0 Å². The molecule has 1 rings (SSSR count). The molecule has 0 spiro atoms. The van der Waals surface area contributed by atoms with Crippen LogP contribution in [0.5, 0.6) is 5.88 Å². The van der Waals surface area contributed by atoms with Gasteiger partial charge in [0.05, 0.1) is 6.61 Å². The normalized spacial score (nSPS) is 11.4. The standard InChI is InChI=1S/C17H30N2O/c1-12(2)7-8-20-17-16(11-18-10-13(3)4)14(5)9-15(6)19-17/h9,12-13,18H,7-8,10-11H2,1-6H3. The number of pyridine rings is 1. The summed E-state index contributed by atoms with van der Waals surface area (Å²) in [5.41, 5.74) is 3.47. The zero-order chi connectivity index (χ0) is 15.1. The van der Waals surface area contributed by atoms with E-state index in [0.29, 0.717) is 11.8 Å². The highest BCUT2D eigenvalue weighted by molar-refractivity contribution is 5.35. The lowest BCUT2D eigenvalue weighted by Gasteiger charge is -2.16. The average Bonchev–Trinajstić information content (AvgIpc) is 2.31. The number of ether oxygens (including phenoxy) is 1. The van der Waals surface area contributed by atoms with E-state index >= 15 is 0 Å². The predicted octanol–water partition coefficient (Wildman–Crippen LogP) is 3.87. The van der Waals surface area contributed by atoms with Crippen LogP contribution < -0.4 is 10.1 Å². The summed E-state index contributed by atoms with van der Waals surface area (Å²) < 4.78 is 5.92. The maximum absolute atomic E-state index is 5.92. The van der Waals surface area contributed by atoms with Crippen LogP contribution in [-0.4, -0.2) is 18.1 Å². The van der Waals surface area contributed by atoms with Crippen LogP contribution in [0.15, 0.2) is 6.07 Å². The van der Waals surface area contributed by atoms with Crippen molar-refractivity contribution in [2.75, 3.05) is 13.2 Å². The van der Waals surface area contributed by atoms with E-state index in [1.807, 2.05) is 6.92 Å². The molecular formula is C17H30N2O. The first kappa shape index (κ1) is 17.0. The summed E-state index contributed by atoms with van der Waals surface area (Å²) in [4.78, 5) is 4.57. The summed E-state index contributed by atoms with van der Waals surface area (Å²) in [5.74, 6) is 2.11. The lowest BCUT2D eigenvalue weighted by atomic mass is 10.1. The Hall–Kier alpha value is -1.09. The lowest BCUT2D eigenvalue weighted by molar-refractivity contribution is 0.275. The highest BCUT2D eigenvalue weighted by atomic mass is 16.5. The van der Waals surface area contributed by atoms with Crippen molar-refractivity contribution < 1.29 is 4.74 Å². The van der Waals surface area contributed by atoms with Gasteiger partial charge in [-0.05, 0) is 50.3 Å². The van der Waals surface area contributed by atoms with Crippen molar-refractivity contribution in [2.45, 2.75) is 54.5 Å². The van der Waals surface area contributed by atoms with Crippen molar-refractivity contribution in [1.29, 1.82) is 0 Å². The SMILES string of the molecule is Cc1cc(C)c(CNCC(C)C)c(OCCC(C)C)n1. The lowest BCUT2D eigenvalue weighted by Crippen LogP contribution is -2.20. The first-order chi connectivity index (χ1) is 9.40. The van der Waals surface area contributed by atoms with E-state index in [-0.39, 0.29) is 0 Å². The van der Waals surface area contributed by atoms with Crippen LogP contribution in [0.3, 0.4) is 0 Å². The molecule has 3 nitrogen and oxygen atoms in total. The number of nitrogens with zero attached hydrogens (tertiary/aromatic N) is 1. The minimum atomic E-state index is 0.652. The van der Waals surface area contributed by atoms with Gasteiger partial charge in [-0.1, -0.05) is 27.7 Å². The molecule has 0 saturated heterocycles. The molecule has 114 valence electrons. The van der Waals surface area contributed by atoms with E-state index in [0.717, 1.165) is 37.7 Å². The van der Waals surface area contributed by atoms with E-state index in [1.54, 1.807) is 0 Å². The number of nitrogens with one attached hydrogen (secondary N) is 1. The number of aromatic nitrogens is 1. The summed E-state index contributed by atoms with van der Waals surface area (Å²) in [5, 5.41) is 3.48. The minimum absolute atomic E-state index is 0.652. The summed E-state index contributed by atoms with van der Waals surface area (Å²) in [7, 11) is 0.